The first-order chi connectivity index (χ1) is 14.5. The van der Waals surface area contributed by atoms with E-state index in [1.165, 1.54) is 6.07 Å². The number of likely N-dealkylation sites (tertiary alicyclic amines) is 1. The summed E-state index contributed by atoms with van der Waals surface area (Å²) in [5, 5.41) is 3.16. The van der Waals surface area contributed by atoms with E-state index in [0.717, 1.165) is 49.8 Å². The Balaban J connectivity index is 0.00000341. The summed E-state index contributed by atoms with van der Waals surface area (Å²) in [7, 11) is 1.70. The first-order valence-electron chi connectivity index (χ1n) is 9.79. The van der Waals surface area contributed by atoms with Gasteiger partial charge in [-0.25, -0.2) is 0 Å². The van der Waals surface area contributed by atoms with Gasteiger partial charge in [0.15, 0.2) is 5.96 Å². The van der Waals surface area contributed by atoms with E-state index in [9.17, 15) is 13.2 Å². The van der Waals surface area contributed by atoms with E-state index in [-0.39, 0.29) is 30.1 Å². The number of guanidine groups is 1. The van der Waals surface area contributed by atoms with E-state index in [1.807, 2.05) is 30.3 Å². The number of aliphatic imine (C=N–C) groups is 1. The predicted molar refractivity (Wildman–Crippen MR) is 127 cm³/mol. The summed E-state index contributed by atoms with van der Waals surface area (Å²) in [6.45, 7) is 1.90. The maximum Gasteiger partial charge on any atom is 0.416 e. The minimum absolute atomic E-state index is 0. The maximum atomic E-state index is 12.8. The van der Waals surface area contributed by atoms with E-state index in [0.29, 0.717) is 12.1 Å². The molecule has 1 heterocycles. The lowest BCUT2D eigenvalue weighted by atomic mass is 10.1. The number of ether oxygens (including phenoxy) is 1. The number of nitrogens with zero attached hydrogens (tertiary/aromatic N) is 2. The Labute approximate surface area is 197 Å². The zero-order valence-corrected chi connectivity index (χ0v) is 19.5. The Morgan fingerprint density at radius 2 is 1.84 bits per heavy atom. The second-order valence-electron chi connectivity index (χ2n) is 6.90. The van der Waals surface area contributed by atoms with E-state index in [1.54, 1.807) is 13.1 Å². The molecule has 8 heteroatoms. The Morgan fingerprint density at radius 1 is 1.13 bits per heavy atom. The average Bonchev–Trinajstić information content (AvgIpc) is 2.75. The zero-order valence-electron chi connectivity index (χ0n) is 17.2. The molecule has 1 fully saturated rings. The minimum atomic E-state index is -4.37. The van der Waals surface area contributed by atoms with Gasteiger partial charge in [-0.2, -0.15) is 13.2 Å². The third-order valence-corrected chi connectivity index (χ3v) is 4.76. The Morgan fingerprint density at radius 3 is 2.48 bits per heavy atom. The number of halogens is 4. The molecule has 2 aromatic rings. The minimum Gasteiger partial charge on any atom is -0.490 e. The van der Waals surface area contributed by atoms with Gasteiger partial charge >= 0.3 is 6.18 Å². The van der Waals surface area contributed by atoms with Gasteiger partial charge in [-0.1, -0.05) is 36.1 Å². The number of nitrogens with one attached hydrogen (secondary N) is 1. The lowest BCUT2D eigenvalue weighted by molar-refractivity contribution is -0.137. The second kappa shape index (κ2) is 11.8. The number of alkyl halides is 3. The molecular weight excluding hydrogens is 518 g/mol. The van der Waals surface area contributed by atoms with Crippen LogP contribution in [-0.4, -0.2) is 43.6 Å². The van der Waals surface area contributed by atoms with Crippen molar-refractivity contribution in [2.45, 2.75) is 25.1 Å². The molecule has 1 N–H and O–H groups in total. The van der Waals surface area contributed by atoms with Gasteiger partial charge in [0, 0.05) is 38.5 Å². The normalized spacial score (nSPS) is 14.8. The van der Waals surface area contributed by atoms with Crippen molar-refractivity contribution in [1.29, 1.82) is 0 Å². The van der Waals surface area contributed by atoms with E-state index in [4.69, 9.17) is 4.74 Å². The molecule has 0 saturated carbocycles. The van der Waals surface area contributed by atoms with Crippen molar-refractivity contribution in [1.82, 2.24) is 10.2 Å². The van der Waals surface area contributed by atoms with E-state index >= 15 is 0 Å². The van der Waals surface area contributed by atoms with Crippen LogP contribution >= 0.6 is 24.0 Å². The Hall–Kier alpha value is -2.41. The summed E-state index contributed by atoms with van der Waals surface area (Å²) in [6, 6.07) is 14.8. The molecular formula is C23H25F3IN3O. The number of hydrogen-bond donors (Lipinski definition) is 1. The third-order valence-electron chi connectivity index (χ3n) is 4.76. The van der Waals surface area contributed by atoms with Crippen molar-refractivity contribution in [2.75, 3.05) is 26.7 Å². The lowest BCUT2D eigenvalue weighted by Crippen LogP contribution is -2.47. The van der Waals surface area contributed by atoms with Crippen molar-refractivity contribution < 1.29 is 17.9 Å². The number of para-hydroxylation sites is 1. The van der Waals surface area contributed by atoms with Crippen molar-refractivity contribution in [3.05, 3.63) is 65.7 Å². The van der Waals surface area contributed by atoms with Crippen LogP contribution in [-0.2, 0) is 6.18 Å². The monoisotopic (exact) mass is 543 g/mol. The molecule has 0 aromatic heterocycles. The Bertz CT molecular complexity index is 915. The molecule has 1 aliphatic heterocycles. The quantitative estimate of drug-likeness (QED) is 0.262. The molecule has 0 atom stereocenters. The maximum absolute atomic E-state index is 12.8. The fourth-order valence-corrected chi connectivity index (χ4v) is 3.25. The molecule has 0 radical (unpaired) electrons. The third kappa shape index (κ3) is 7.65. The molecule has 166 valence electrons. The van der Waals surface area contributed by atoms with E-state index in [2.05, 4.69) is 27.0 Å². The zero-order chi connectivity index (χ0) is 21.4. The van der Waals surface area contributed by atoms with Crippen LogP contribution in [0.4, 0.5) is 13.2 Å². The number of hydrogen-bond acceptors (Lipinski definition) is 2. The molecule has 31 heavy (non-hydrogen) atoms. The van der Waals surface area contributed by atoms with Crippen molar-refractivity contribution in [2.24, 2.45) is 4.99 Å². The van der Waals surface area contributed by atoms with Crippen molar-refractivity contribution in [3.63, 3.8) is 0 Å². The van der Waals surface area contributed by atoms with Gasteiger partial charge in [0.05, 0.1) is 12.1 Å². The van der Waals surface area contributed by atoms with Gasteiger partial charge in [0.2, 0.25) is 0 Å². The first-order valence-corrected chi connectivity index (χ1v) is 9.79. The van der Waals surface area contributed by atoms with Gasteiger partial charge in [0.1, 0.15) is 11.9 Å². The number of piperidine rings is 1. The molecule has 0 amide bonds. The van der Waals surface area contributed by atoms with Crippen LogP contribution in [0.5, 0.6) is 5.75 Å². The highest BCUT2D eigenvalue weighted by atomic mass is 127. The summed E-state index contributed by atoms with van der Waals surface area (Å²) in [5.41, 5.74) is -0.362. The van der Waals surface area contributed by atoms with Crippen LogP contribution in [0.1, 0.15) is 24.0 Å². The fraction of sp³-hybridized carbons (Fsp3) is 0.348. The van der Waals surface area contributed by atoms with Gasteiger partial charge in [-0.05, 0) is 30.3 Å². The molecule has 4 nitrogen and oxygen atoms in total. The molecule has 0 aliphatic carbocycles. The van der Waals surface area contributed by atoms with Crippen LogP contribution in [0.25, 0.3) is 0 Å². The van der Waals surface area contributed by atoms with Gasteiger partial charge < -0.3 is 15.0 Å². The first kappa shape index (κ1) is 24.9. The molecule has 1 saturated heterocycles. The van der Waals surface area contributed by atoms with Crippen molar-refractivity contribution >= 4 is 29.9 Å². The molecule has 2 aromatic carbocycles. The van der Waals surface area contributed by atoms with Gasteiger partial charge in [-0.15, -0.1) is 24.0 Å². The predicted octanol–water partition coefficient (Wildman–Crippen LogP) is 4.79. The van der Waals surface area contributed by atoms with E-state index < -0.39 is 11.7 Å². The van der Waals surface area contributed by atoms with Crippen molar-refractivity contribution in [3.8, 4) is 17.6 Å². The topological polar surface area (TPSA) is 36.9 Å². The summed E-state index contributed by atoms with van der Waals surface area (Å²) in [6.07, 6.45) is -2.44. The van der Waals surface area contributed by atoms with Crippen LogP contribution in [0, 0.1) is 11.8 Å². The van der Waals surface area contributed by atoms with Gasteiger partial charge in [0.25, 0.3) is 0 Å². The molecule has 0 spiro atoms. The summed E-state index contributed by atoms with van der Waals surface area (Å²) < 4.78 is 44.3. The fourth-order valence-electron chi connectivity index (χ4n) is 3.25. The standard InChI is InChI=1S/C23H24F3N3O.HI/c1-27-22(28-14-6-8-18-7-5-9-19(17-18)23(24,25)26)29-15-12-21(13-16-29)30-20-10-3-2-4-11-20;/h2-5,7,9-11,17,21H,12-16H2,1H3,(H,27,28);1H. The largest absolute Gasteiger partial charge is 0.490 e. The van der Waals surface area contributed by atoms with Gasteiger partial charge in [-0.3, -0.25) is 4.99 Å². The summed E-state index contributed by atoms with van der Waals surface area (Å²) in [4.78, 5) is 6.42. The lowest BCUT2D eigenvalue weighted by Gasteiger charge is -2.34. The van der Waals surface area contributed by atoms with Crippen LogP contribution in [0.3, 0.4) is 0 Å². The summed E-state index contributed by atoms with van der Waals surface area (Å²) >= 11 is 0. The molecule has 1 aliphatic rings. The Kier molecular flexibility index (Phi) is 9.49. The van der Waals surface area contributed by atoms with Crippen LogP contribution in [0.2, 0.25) is 0 Å². The average molecular weight is 543 g/mol. The van der Waals surface area contributed by atoms with Crippen LogP contribution in [0.15, 0.2) is 59.6 Å². The number of rotatable bonds is 3. The highest BCUT2D eigenvalue weighted by molar-refractivity contribution is 14.0. The molecule has 0 unspecified atom stereocenters. The molecule has 3 rings (SSSR count). The smallest absolute Gasteiger partial charge is 0.416 e. The summed E-state index contributed by atoms with van der Waals surface area (Å²) in [5.74, 6) is 7.24. The SMILES string of the molecule is CN=C(NCC#Cc1cccc(C(F)(F)F)c1)N1CCC(Oc2ccccc2)CC1.I. The highest BCUT2D eigenvalue weighted by Gasteiger charge is 2.30. The van der Waals surface area contributed by atoms with Crippen LogP contribution < -0.4 is 10.1 Å². The number of benzene rings is 2. The second-order valence-corrected chi connectivity index (χ2v) is 6.90. The highest BCUT2D eigenvalue weighted by Crippen LogP contribution is 2.29. The molecule has 0 bridgehead atoms.